The highest BCUT2D eigenvalue weighted by molar-refractivity contribution is 4.91. The largest absolute Gasteiger partial charge is 0.388 e. The monoisotopic (exact) mass is 262 g/mol. The molecule has 5 nitrogen and oxygen atoms in total. The summed E-state index contributed by atoms with van der Waals surface area (Å²) in [7, 11) is 0. The molecule has 1 fully saturated rings. The maximum absolute atomic E-state index is 9.93. The molecule has 0 aliphatic carbocycles. The summed E-state index contributed by atoms with van der Waals surface area (Å²) in [6.45, 7) is 9.73. The van der Waals surface area contributed by atoms with E-state index in [9.17, 15) is 15.3 Å². The number of ether oxygens (including phenoxy) is 2. The summed E-state index contributed by atoms with van der Waals surface area (Å²) in [5, 5.41) is 29.6. The van der Waals surface area contributed by atoms with Crippen LogP contribution in [0.15, 0.2) is 0 Å². The minimum atomic E-state index is -1.24. The van der Waals surface area contributed by atoms with Crippen molar-refractivity contribution < 1.29 is 24.8 Å². The molecule has 0 amide bonds. The first-order valence-electron chi connectivity index (χ1n) is 6.47. The minimum Gasteiger partial charge on any atom is -0.388 e. The molecule has 0 bridgehead atoms. The van der Waals surface area contributed by atoms with Crippen molar-refractivity contribution in [3.63, 3.8) is 0 Å². The Balaban J connectivity index is 2.74. The predicted octanol–water partition coefficient (Wildman–Crippen LogP) is 0.655. The predicted molar refractivity (Wildman–Crippen MR) is 67.0 cm³/mol. The van der Waals surface area contributed by atoms with Crippen molar-refractivity contribution in [2.24, 2.45) is 5.41 Å². The van der Waals surface area contributed by atoms with Gasteiger partial charge in [0.15, 0.2) is 6.29 Å². The van der Waals surface area contributed by atoms with E-state index in [0.717, 1.165) is 0 Å². The highest BCUT2D eigenvalue weighted by Crippen LogP contribution is 2.31. The molecule has 5 heteroatoms. The lowest BCUT2D eigenvalue weighted by molar-refractivity contribution is -0.307. The average molecular weight is 262 g/mol. The lowest BCUT2D eigenvalue weighted by atomic mass is 9.84. The topological polar surface area (TPSA) is 79.2 Å². The van der Waals surface area contributed by atoms with Gasteiger partial charge < -0.3 is 24.8 Å². The van der Waals surface area contributed by atoms with Crippen molar-refractivity contribution in [2.45, 2.75) is 77.8 Å². The van der Waals surface area contributed by atoms with Crippen LogP contribution in [0.1, 0.15) is 41.0 Å². The Morgan fingerprint density at radius 3 is 2.06 bits per heavy atom. The van der Waals surface area contributed by atoms with Crippen LogP contribution in [-0.4, -0.2) is 52.1 Å². The molecule has 3 N–H and O–H groups in total. The third-order valence-electron chi connectivity index (χ3n) is 2.89. The van der Waals surface area contributed by atoms with Gasteiger partial charge in [-0.2, -0.15) is 0 Å². The number of aliphatic hydroxyl groups excluding tert-OH is 3. The molecule has 5 unspecified atom stereocenters. The van der Waals surface area contributed by atoms with E-state index >= 15 is 0 Å². The zero-order chi connectivity index (χ0) is 14.1. The molecule has 108 valence electrons. The number of hydrogen-bond acceptors (Lipinski definition) is 5. The fraction of sp³-hybridized carbons (Fsp3) is 1.00. The van der Waals surface area contributed by atoms with Gasteiger partial charge in [-0.1, -0.05) is 20.8 Å². The molecular formula is C13H26O5. The molecule has 0 aromatic carbocycles. The summed E-state index contributed by atoms with van der Waals surface area (Å²) in [4.78, 5) is 0. The standard InChI is InChI=1S/C13H26O5/c1-7(2)17-12-11(16)10(15)9(14)8(18-12)6-13(3,4)5/h7-12,14-16H,6H2,1-5H3. The molecule has 1 rings (SSSR count). The summed E-state index contributed by atoms with van der Waals surface area (Å²) < 4.78 is 11.0. The second-order valence-electron chi connectivity index (χ2n) is 6.46. The number of hydrogen-bond donors (Lipinski definition) is 3. The SMILES string of the molecule is CC(C)OC1OC(CC(C)(C)C)C(O)C(O)C1O. The molecule has 0 aromatic rings. The van der Waals surface area contributed by atoms with Crippen molar-refractivity contribution in [3.8, 4) is 0 Å². The number of aliphatic hydroxyl groups is 3. The minimum absolute atomic E-state index is 0.0456. The van der Waals surface area contributed by atoms with Crippen LogP contribution < -0.4 is 0 Å². The zero-order valence-electron chi connectivity index (χ0n) is 11.8. The van der Waals surface area contributed by atoms with E-state index in [-0.39, 0.29) is 11.5 Å². The van der Waals surface area contributed by atoms with E-state index in [0.29, 0.717) is 6.42 Å². The average Bonchev–Trinajstić information content (AvgIpc) is 2.19. The van der Waals surface area contributed by atoms with Gasteiger partial charge in [0, 0.05) is 0 Å². The van der Waals surface area contributed by atoms with Gasteiger partial charge in [0.2, 0.25) is 0 Å². The van der Waals surface area contributed by atoms with Gasteiger partial charge in [-0.3, -0.25) is 0 Å². The van der Waals surface area contributed by atoms with Crippen molar-refractivity contribution in [1.82, 2.24) is 0 Å². The van der Waals surface area contributed by atoms with Crippen LogP contribution >= 0.6 is 0 Å². The van der Waals surface area contributed by atoms with Gasteiger partial charge >= 0.3 is 0 Å². The first-order chi connectivity index (χ1) is 8.11. The van der Waals surface area contributed by atoms with Crippen LogP contribution in [-0.2, 0) is 9.47 Å². The van der Waals surface area contributed by atoms with Crippen LogP contribution in [0.3, 0.4) is 0 Å². The Morgan fingerprint density at radius 1 is 1.06 bits per heavy atom. The molecule has 18 heavy (non-hydrogen) atoms. The third-order valence-corrected chi connectivity index (χ3v) is 2.89. The number of rotatable bonds is 3. The lowest BCUT2D eigenvalue weighted by Crippen LogP contribution is -2.59. The fourth-order valence-electron chi connectivity index (χ4n) is 2.07. The van der Waals surface area contributed by atoms with Gasteiger partial charge in [-0.05, 0) is 25.7 Å². The molecular weight excluding hydrogens is 236 g/mol. The van der Waals surface area contributed by atoms with E-state index in [1.165, 1.54) is 0 Å². The Hall–Kier alpha value is -0.200. The maximum atomic E-state index is 9.93. The van der Waals surface area contributed by atoms with E-state index in [2.05, 4.69) is 0 Å². The maximum Gasteiger partial charge on any atom is 0.186 e. The van der Waals surface area contributed by atoms with Crippen LogP contribution in [0.4, 0.5) is 0 Å². The van der Waals surface area contributed by atoms with Gasteiger partial charge in [-0.15, -0.1) is 0 Å². The van der Waals surface area contributed by atoms with E-state index in [1.807, 2.05) is 34.6 Å². The van der Waals surface area contributed by atoms with Crippen LogP contribution in [0, 0.1) is 5.41 Å². The fourth-order valence-corrected chi connectivity index (χ4v) is 2.07. The van der Waals surface area contributed by atoms with Gasteiger partial charge in [-0.25, -0.2) is 0 Å². The highest BCUT2D eigenvalue weighted by atomic mass is 16.7. The zero-order valence-corrected chi connectivity index (χ0v) is 11.8. The molecule has 0 radical (unpaired) electrons. The molecule has 0 aromatic heterocycles. The Bertz CT molecular complexity index is 261. The van der Waals surface area contributed by atoms with Crippen LogP contribution in [0.5, 0.6) is 0 Å². The Labute approximate surface area is 109 Å². The smallest absolute Gasteiger partial charge is 0.186 e. The molecule has 0 spiro atoms. The van der Waals surface area contributed by atoms with E-state index in [1.54, 1.807) is 0 Å². The molecule has 1 aliphatic rings. The second-order valence-corrected chi connectivity index (χ2v) is 6.46. The second kappa shape index (κ2) is 5.84. The Kier molecular flexibility index (Phi) is 5.14. The van der Waals surface area contributed by atoms with Crippen LogP contribution in [0.2, 0.25) is 0 Å². The summed E-state index contributed by atoms with van der Waals surface area (Å²) in [6.07, 6.45) is -4.53. The van der Waals surface area contributed by atoms with Gasteiger partial charge in [0.05, 0.1) is 12.2 Å². The molecule has 1 aliphatic heterocycles. The van der Waals surface area contributed by atoms with Crippen molar-refractivity contribution >= 4 is 0 Å². The Morgan fingerprint density at radius 2 is 1.61 bits per heavy atom. The summed E-state index contributed by atoms with van der Waals surface area (Å²) in [5.41, 5.74) is -0.0456. The summed E-state index contributed by atoms with van der Waals surface area (Å²) in [5.74, 6) is 0. The lowest BCUT2D eigenvalue weighted by Gasteiger charge is -2.42. The van der Waals surface area contributed by atoms with Crippen molar-refractivity contribution in [3.05, 3.63) is 0 Å². The highest BCUT2D eigenvalue weighted by Gasteiger charge is 2.45. The van der Waals surface area contributed by atoms with Crippen molar-refractivity contribution in [1.29, 1.82) is 0 Å². The summed E-state index contributed by atoms with van der Waals surface area (Å²) >= 11 is 0. The quantitative estimate of drug-likeness (QED) is 0.696. The van der Waals surface area contributed by atoms with E-state index in [4.69, 9.17) is 9.47 Å². The molecule has 1 saturated heterocycles. The van der Waals surface area contributed by atoms with Crippen molar-refractivity contribution in [2.75, 3.05) is 0 Å². The van der Waals surface area contributed by atoms with Crippen LogP contribution in [0.25, 0.3) is 0 Å². The normalized spacial score (nSPS) is 38.2. The van der Waals surface area contributed by atoms with E-state index < -0.39 is 30.7 Å². The molecule has 5 atom stereocenters. The first-order valence-corrected chi connectivity index (χ1v) is 6.47. The summed E-state index contributed by atoms with van der Waals surface area (Å²) in [6, 6.07) is 0. The van der Waals surface area contributed by atoms with Gasteiger partial charge in [0.1, 0.15) is 18.3 Å². The molecule has 0 saturated carbocycles. The molecule has 1 heterocycles. The third kappa shape index (κ3) is 4.17. The van der Waals surface area contributed by atoms with Gasteiger partial charge in [0.25, 0.3) is 0 Å². The first kappa shape index (κ1) is 15.9.